The Kier molecular flexibility index (Phi) is 5.70. The summed E-state index contributed by atoms with van der Waals surface area (Å²) in [6.45, 7) is 1.74. The standard InChI is InChI=1S/C24H20ClN3/c25-23-11-4-5-12-24(23)26-27-28-16-15-22(18-28)21-10-6-9-20(17-21)14-13-19-7-2-1-3-8-19/h1-12,17,22H,15-16,18H2. The third-order valence-electron chi connectivity index (χ3n) is 4.78. The number of nitrogens with zero attached hydrogens (tertiary/aromatic N) is 3. The monoisotopic (exact) mass is 385 g/mol. The van der Waals surface area contributed by atoms with Gasteiger partial charge in [-0.2, -0.15) is 0 Å². The Balaban J connectivity index is 1.43. The predicted octanol–water partition coefficient (Wildman–Crippen LogP) is 6.23. The molecule has 1 unspecified atom stereocenters. The van der Waals surface area contributed by atoms with Gasteiger partial charge >= 0.3 is 0 Å². The zero-order chi connectivity index (χ0) is 19.2. The van der Waals surface area contributed by atoms with Crippen molar-refractivity contribution in [3.8, 4) is 11.8 Å². The first-order valence-corrected chi connectivity index (χ1v) is 9.74. The van der Waals surface area contributed by atoms with Crippen LogP contribution < -0.4 is 0 Å². The van der Waals surface area contributed by atoms with Crippen LogP contribution in [-0.4, -0.2) is 18.1 Å². The molecule has 1 fully saturated rings. The second-order valence-corrected chi connectivity index (χ2v) is 7.19. The second-order valence-electron chi connectivity index (χ2n) is 6.78. The Hall–Kier alpha value is -3.09. The Bertz CT molecular complexity index is 1030. The Labute approximate surface area is 170 Å². The molecule has 28 heavy (non-hydrogen) atoms. The number of benzene rings is 3. The van der Waals surface area contributed by atoms with Gasteiger partial charge in [-0.05, 0) is 48.4 Å². The maximum Gasteiger partial charge on any atom is 0.106 e. The van der Waals surface area contributed by atoms with E-state index in [-0.39, 0.29) is 0 Å². The van der Waals surface area contributed by atoms with Crippen molar-refractivity contribution in [1.82, 2.24) is 5.01 Å². The number of rotatable bonds is 3. The molecular formula is C24H20ClN3. The van der Waals surface area contributed by atoms with Crippen LogP contribution in [0.15, 0.2) is 89.2 Å². The van der Waals surface area contributed by atoms with Crippen LogP contribution in [0.2, 0.25) is 5.02 Å². The molecule has 0 radical (unpaired) electrons. The lowest BCUT2D eigenvalue weighted by atomic mass is 9.97. The van der Waals surface area contributed by atoms with Gasteiger partial charge in [0.2, 0.25) is 0 Å². The third kappa shape index (κ3) is 4.60. The van der Waals surface area contributed by atoms with Crippen molar-refractivity contribution < 1.29 is 0 Å². The van der Waals surface area contributed by atoms with Crippen molar-refractivity contribution in [3.05, 3.63) is 101 Å². The normalized spacial score (nSPS) is 16.2. The number of halogens is 1. The summed E-state index contributed by atoms with van der Waals surface area (Å²) in [6.07, 6.45) is 1.05. The highest BCUT2D eigenvalue weighted by Gasteiger charge is 2.23. The van der Waals surface area contributed by atoms with Gasteiger partial charge in [0.1, 0.15) is 5.69 Å². The zero-order valence-corrected chi connectivity index (χ0v) is 16.2. The number of hydrogen-bond acceptors (Lipinski definition) is 2. The first kappa shape index (κ1) is 18.3. The Morgan fingerprint density at radius 3 is 2.46 bits per heavy atom. The van der Waals surface area contributed by atoms with E-state index in [4.69, 9.17) is 11.6 Å². The summed E-state index contributed by atoms with van der Waals surface area (Å²) >= 11 is 6.14. The van der Waals surface area contributed by atoms with Gasteiger partial charge in [-0.1, -0.05) is 71.1 Å². The van der Waals surface area contributed by atoms with Gasteiger partial charge in [0.15, 0.2) is 0 Å². The summed E-state index contributed by atoms with van der Waals surface area (Å²) in [5, 5.41) is 11.3. The minimum Gasteiger partial charge on any atom is -0.278 e. The predicted molar refractivity (Wildman–Crippen MR) is 114 cm³/mol. The van der Waals surface area contributed by atoms with E-state index < -0.39 is 0 Å². The molecule has 4 heteroatoms. The molecule has 1 atom stereocenters. The third-order valence-corrected chi connectivity index (χ3v) is 5.10. The molecular weight excluding hydrogens is 366 g/mol. The molecule has 138 valence electrons. The van der Waals surface area contributed by atoms with Crippen LogP contribution in [-0.2, 0) is 0 Å². The molecule has 0 amide bonds. The fraction of sp³-hybridized carbons (Fsp3) is 0.167. The van der Waals surface area contributed by atoms with E-state index >= 15 is 0 Å². The van der Waals surface area contributed by atoms with Gasteiger partial charge in [0.25, 0.3) is 0 Å². The fourth-order valence-electron chi connectivity index (χ4n) is 3.28. The maximum atomic E-state index is 6.14. The molecule has 1 aliphatic heterocycles. The molecule has 1 heterocycles. The average Bonchev–Trinajstić information content (AvgIpc) is 3.22. The summed E-state index contributed by atoms with van der Waals surface area (Å²) in [4.78, 5) is 0. The smallest absolute Gasteiger partial charge is 0.106 e. The fourth-order valence-corrected chi connectivity index (χ4v) is 3.45. The van der Waals surface area contributed by atoms with E-state index in [1.54, 1.807) is 0 Å². The summed E-state index contributed by atoms with van der Waals surface area (Å²) < 4.78 is 0. The first-order chi connectivity index (χ1) is 13.8. The van der Waals surface area contributed by atoms with Crippen LogP contribution in [0, 0.1) is 11.8 Å². The van der Waals surface area contributed by atoms with E-state index in [2.05, 4.69) is 46.4 Å². The Morgan fingerprint density at radius 2 is 1.61 bits per heavy atom. The highest BCUT2D eigenvalue weighted by Crippen LogP contribution is 2.29. The molecule has 0 aliphatic carbocycles. The van der Waals surface area contributed by atoms with Crippen molar-refractivity contribution in [2.75, 3.05) is 13.1 Å². The largest absolute Gasteiger partial charge is 0.278 e. The van der Waals surface area contributed by atoms with E-state index in [1.165, 1.54) is 5.56 Å². The molecule has 0 spiro atoms. The lowest BCUT2D eigenvalue weighted by Crippen LogP contribution is -2.12. The topological polar surface area (TPSA) is 28.0 Å². The van der Waals surface area contributed by atoms with Gasteiger partial charge < -0.3 is 0 Å². The lowest BCUT2D eigenvalue weighted by Gasteiger charge is -2.12. The van der Waals surface area contributed by atoms with E-state index in [0.29, 0.717) is 16.6 Å². The van der Waals surface area contributed by atoms with Gasteiger partial charge in [-0.15, -0.1) is 5.11 Å². The molecule has 1 saturated heterocycles. The van der Waals surface area contributed by atoms with E-state index in [0.717, 1.165) is 30.6 Å². The summed E-state index contributed by atoms with van der Waals surface area (Å²) in [7, 11) is 0. The molecule has 3 aromatic carbocycles. The molecule has 0 N–H and O–H groups in total. The number of hydrogen-bond donors (Lipinski definition) is 0. The molecule has 1 aliphatic rings. The van der Waals surface area contributed by atoms with Gasteiger partial charge in [0, 0.05) is 30.1 Å². The molecule has 0 aromatic heterocycles. The minimum absolute atomic E-state index is 0.434. The Morgan fingerprint density at radius 1 is 0.857 bits per heavy atom. The summed E-state index contributed by atoms with van der Waals surface area (Å²) in [5.41, 5.74) is 4.07. The average molecular weight is 386 g/mol. The highest BCUT2D eigenvalue weighted by atomic mass is 35.5. The quantitative estimate of drug-likeness (QED) is 0.388. The SMILES string of the molecule is Clc1ccccc1N=NN1CCC(c2cccc(C#Cc3ccccc3)c2)C1. The summed E-state index contributed by atoms with van der Waals surface area (Å²) in [5.74, 6) is 6.93. The van der Waals surface area contributed by atoms with Crippen LogP contribution in [0.3, 0.4) is 0 Å². The van der Waals surface area contributed by atoms with Crippen LogP contribution in [0.1, 0.15) is 29.0 Å². The van der Waals surface area contributed by atoms with Crippen LogP contribution in [0.5, 0.6) is 0 Å². The second kappa shape index (κ2) is 8.73. The van der Waals surface area contributed by atoms with Crippen molar-refractivity contribution in [1.29, 1.82) is 0 Å². The van der Waals surface area contributed by atoms with Crippen molar-refractivity contribution >= 4 is 17.3 Å². The van der Waals surface area contributed by atoms with Crippen molar-refractivity contribution in [2.24, 2.45) is 10.3 Å². The summed E-state index contributed by atoms with van der Waals surface area (Å²) in [6, 6.07) is 26.1. The van der Waals surface area contributed by atoms with Gasteiger partial charge in [-0.3, -0.25) is 5.01 Å². The van der Waals surface area contributed by atoms with Crippen LogP contribution >= 0.6 is 11.6 Å². The first-order valence-electron chi connectivity index (χ1n) is 9.36. The van der Waals surface area contributed by atoms with E-state index in [1.807, 2.05) is 59.6 Å². The van der Waals surface area contributed by atoms with Crippen LogP contribution in [0.25, 0.3) is 0 Å². The highest BCUT2D eigenvalue weighted by molar-refractivity contribution is 6.32. The van der Waals surface area contributed by atoms with Gasteiger partial charge in [0.05, 0.1) is 5.02 Å². The maximum absolute atomic E-state index is 6.14. The van der Waals surface area contributed by atoms with Crippen LogP contribution in [0.4, 0.5) is 5.69 Å². The van der Waals surface area contributed by atoms with Gasteiger partial charge in [-0.25, -0.2) is 0 Å². The molecule has 4 rings (SSSR count). The van der Waals surface area contributed by atoms with E-state index in [9.17, 15) is 0 Å². The molecule has 0 bridgehead atoms. The molecule has 3 aromatic rings. The molecule has 3 nitrogen and oxygen atoms in total. The van der Waals surface area contributed by atoms with Crippen molar-refractivity contribution in [2.45, 2.75) is 12.3 Å². The zero-order valence-electron chi connectivity index (χ0n) is 15.4. The lowest BCUT2D eigenvalue weighted by molar-refractivity contribution is 0.332. The minimum atomic E-state index is 0.434. The van der Waals surface area contributed by atoms with Crippen molar-refractivity contribution in [3.63, 3.8) is 0 Å². The molecule has 0 saturated carbocycles.